The summed E-state index contributed by atoms with van der Waals surface area (Å²) in [6, 6.07) is 21.8. The predicted octanol–water partition coefficient (Wildman–Crippen LogP) is 2.19. The molecule has 0 fully saturated rings. The topological polar surface area (TPSA) is 40.5 Å². The number of rotatable bonds is 2. The van der Waals surface area contributed by atoms with Gasteiger partial charge in [-0.15, -0.1) is 0 Å². The number of hydrogen-bond donors (Lipinski definition) is 2. The van der Waals surface area contributed by atoms with Gasteiger partial charge in [-0.05, 0) is 33.4 Å². The van der Waals surface area contributed by atoms with E-state index in [2.05, 4.69) is 18.2 Å². The van der Waals surface area contributed by atoms with Crippen LogP contribution in [0, 0.1) is 0 Å². The van der Waals surface area contributed by atoms with Crippen molar-refractivity contribution in [3.8, 4) is 11.1 Å². The van der Waals surface area contributed by atoms with Gasteiger partial charge in [0.15, 0.2) is 0 Å². The third-order valence-electron chi connectivity index (χ3n) is 3.27. The Hall–Kier alpha value is -2.10. The van der Waals surface area contributed by atoms with Gasteiger partial charge in [0.25, 0.3) is 0 Å². The molecule has 0 unspecified atom stereocenters. The normalized spacial score (nSPS) is 10.6. The minimum Gasteiger partial charge on any atom is -0.423 e. The van der Waals surface area contributed by atoms with Crippen molar-refractivity contribution in [3.63, 3.8) is 0 Å². The molecular weight excluding hydrogens is 235 g/mol. The van der Waals surface area contributed by atoms with Crippen molar-refractivity contribution in [2.75, 3.05) is 0 Å². The maximum absolute atomic E-state index is 9.17. The van der Waals surface area contributed by atoms with Crippen LogP contribution in [0.1, 0.15) is 0 Å². The monoisotopic (exact) mass is 248 g/mol. The van der Waals surface area contributed by atoms with Crippen molar-refractivity contribution in [2.24, 2.45) is 0 Å². The highest BCUT2D eigenvalue weighted by atomic mass is 16.4. The molecule has 0 aliphatic heterocycles. The van der Waals surface area contributed by atoms with E-state index in [-0.39, 0.29) is 0 Å². The molecule has 0 aliphatic rings. The summed E-state index contributed by atoms with van der Waals surface area (Å²) in [7, 11) is -1.42. The van der Waals surface area contributed by atoms with Gasteiger partial charge in [0.1, 0.15) is 0 Å². The van der Waals surface area contributed by atoms with E-state index in [1.54, 1.807) is 12.1 Å². The molecule has 3 aromatic rings. The lowest BCUT2D eigenvalue weighted by Crippen LogP contribution is -2.29. The Labute approximate surface area is 112 Å². The largest absolute Gasteiger partial charge is 0.488 e. The van der Waals surface area contributed by atoms with Crippen LogP contribution in [0.2, 0.25) is 0 Å². The Morgan fingerprint density at radius 1 is 0.632 bits per heavy atom. The summed E-state index contributed by atoms with van der Waals surface area (Å²) in [6.45, 7) is 0. The van der Waals surface area contributed by atoms with Crippen molar-refractivity contribution in [1.29, 1.82) is 0 Å². The zero-order chi connectivity index (χ0) is 13.2. The van der Waals surface area contributed by atoms with Crippen LogP contribution in [0.15, 0.2) is 66.7 Å². The van der Waals surface area contributed by atoms with Gasteiger partial charge in [-0.2, -0.15) is 0 Å². The highest BCUT2D eigenvalue weighted by Crippen LogP contribution is 2.23. The maximum atomic E-state index is 9.17. The Morgan fingerprint density at radius 3 is 2.05 bits per heavy atom. The van der Waals surface area contributed by atoms with Gasteiger partial charge in [0.05, 0.1) is 0 Å². The van der Waals surface area contributed by atoms with Gasteiger partial charge in [-0.1, -0.05) is 60.7 Å². The van der Waals surface area contributed by atoms with Crippen LogP contribution < -0.4 is 5.46 Å². The first-order valence-corrected chi connectivity index (χ1v) is 6.19. The molecule has 3 aromatic carbocycles. The van der Waals surface area contributed by atoms with Crippen molar-refractivity contribution in [3.05, 3.63) is 66.7 Å². The van der Waals surface area contributed by atoms with Crippen LogP contribution in [0.3, 0.4) is 0 Å². The minimum absolute atomic E-state index is 0.514. The molecule has 0 saturated heterocycles. The average Bonchev–Trinajstić information content (AvgIpc) is 2.47. The summed E-state index contributed by atoms with van der Waals surface area (Å²) >= 11 is 0. The SMILES string of the molecule is OB(O)c1ccc2cc(-c3ccccc3)ccc2c1. The second-order valence-electron chi connectivity index (χ2n) is 4.56. The third-order valence-corrected chi connectivity index (χ3v) is 3.27. The van der Waals surface area contributed by atoms with E-state index >= 15 is 0 Å². The van der Waals surface area contributed by atoms with Gasteiger partial charge < -0.3 is 10.0 Å². The standard InChI is InChI=1S/C16H13BO2/c18-17(19)16-9-8-14-10-13(6-7-15(14)11-16)12-4-2-1-3-5-12/h1-11,18-19H. The van der Waals surface area contributed by atoms with Gasteiger partial charge in [-0.25, -0.2) is 0 Å². The summed E-state index contributed by atoms with van der Waals surface area (Å²) in [5.41, 5.74) is 2.85. The second-order valence-corrected chi connectivity index (χ2v) is 4.56. The van der Waals surface area contributed by atoms with E-state index in [4.69, 9.17) is 0 Å². The van der Waals surface area contributed by atoms with Crippen LogP contribution in [0.25, 0.3) is 21.9 Å². The van der Waals surface area contributed by atoms with Crippen molar-refractivity contribution >= 4 is 23.4 Å². The van der Waals surface area contributed by atoms with Crippen LogP contribution in [0.5, 0.6) is 0 Å². The molecular formula is C16H13BO2. The minimum atomic E-state index is -1.42. The van der Waals surface area contributed by atoms with E-state index in [0.717, 1.165) is 16.3 Å². The van der Waals surface area contributed by atoms with Crippen LogP contribution in [-0.2, 0) is 0 Å². The molecule has 19 heavy (non-hydrogen) atoms. The van der Waals surface area contributed by atoms with Crippen LogP contribution in [-0.4, -0.2) is 17.2 Å². The number of hydrogen-bond acceptors (Lipinski definition) is 2. The van der Waals surface area contributed by atoms with Crippen molar-refractivity contribution in [2.45, 2.75) is 0 Å². The number of benzene rings is 3. The summed E-state index contributed by atoms with van der Waals surface area (Å²) in [6.07, 6.45) is 0. The molecule has 0 bridgehead atoms. The second kappa shape index (κ2) is 4.88. The Kier molecular flexibility index (Phi) is 3.07. The molecule has 0 heterocycles. The molecule has 0 radical (unpaired) electrons. The lowest BCUT2D eigenvalue weighted by Gasteiger charge is -2.06. The molecule has 0 aliphatic carbocycles. The molecule has 0 saturated carbocycles. The molecule has 0 amide bonds. The smallest absolute Gasteiger partial charge is 0.423 e. The van der Waals surface area contributed by atoms with Gasteiger partial charge in [-0.3, -0.25) is 0 Å². The van der Waals surface area contributed by atoms with E-state index in [1.807, 2.05) is 36.4 Å². The maximum Gasteiger partial charge on any atom is 0.488 e. The van der Waals surface area contributed by atoms with Gasteiger partial charge in [0, 0.05) is 0 Å². The van der Waals surface area contributed by atoms with Crippen molar-refractivity contribution < 1.29 is 10.0 Å². The Morgan fingerprint density at radius 2 is 1.32 bits per heavy atom. The van der Waals surface area contributed by atoms with E-state index in [1.165, 1.54) is 5.56 Å². The highest BCUT2D eigenvalue weighted by Gasteiger charge is 2.10. The summed E-state index contributed by atoms with van der Waals surface area (Å²) < 4.78 is 0. The summed E-state index contributed by atoms with van der Waals surface area (Å²) in [4.78, 5) is 0. The molecule has 92 valence electrons. The first kappa shape index (κ1) is 12.0. The first-order valence-electron chi connectivity index (χ1n) is 6.19. The zero-order valence-corrected chi connectivity index (χ0v) is 10.3. The van der Waals surface area contributed by atoms with E-state index in [9.17, 15) is 10.0 Å². The van der Waals surface area contributed by atoms with E-state index < -0.39 is 7.12 Å². The fourth-order valence-corrected chi connectivity index (χ4v) is 2.23. The summed E-state index contributed by atoms with van der Waals surface area (Å²) in [5, 5.41) is 20.4. The van der Waals surface area contributed by atoms with Crippen LogP contribution in [0.4, 0.5) is 0 Å². The van der Waals surface area contributed by atoms with E-state index in [0.29, 0.717) is 5.46 Å². The number of fused-ring (bicyclic) bond motifs is 1. The molecule has 3 heteroatoms. The molecule has 2 nitrogen and oxygen atoms in total. The van der Waals surface area contributed by atoms with Crippen molar-refractivity contribution in [1.82, 2.24) is 0 Å². The van der Waals surface area contributed by atoms with Crippen LogP contribution >= 0.6 is 0 Å². The van der Waals surface area contributed by atoms with Gasteiger partial charge >= 0.3 is 7.12 Å². The fourth-order valence-electron chi connectivity index (χ4n) is 2.23. The summed E-state index contributed by atoms with van der Waals surface area (Å²) in [5.74, 6) is 0. The Balaban J connectivity index is 2.10. The molecule has 0 spiro atoms. The third kappa shape index (κ3) is 2.39. The Bertz CT molecular complexity index is 708. The lowest BCUT2D eigenvalue weighted by molar-refractivity contribution is 0.426. The highest BCUT2D eigenvalue weighted by molar-refractivity contribution is 6.58. The molecule has 0 atom stereocenters. The quantitative estimate of drug-likeness (QED) is 0.682. The average molecular weight is 248 g/mol. The predicted molar refractivity (Wildman–Crippen MR) is 79.2 cm³/mol. The lowest BCUT2D eigenvalue weighted by atomic mass is 9.79. The molecule has 2 N–H and O–H groups in total. The molecule has 3 rings (SSSR count). The first-order chi connectivity index (χ1) is 9.24. The molecule has 0 aromatic heterocycles. The van der Waals surface area contributed by atoms with Gasteiger partial charge in [0.2, 0.25) is 0 Å². The fraction of sp³-hybridized carbons (Fsp3) is 0. The zero-order valence-electron chi connectivity index (χ0n) is 10.3.